The number of aromatic nitrogens is 4. The molecule has 0 aliphatic rings. The predicted molar refractivity (Wildman–Crippen MR) is 97.1 cm³/mol. The molecule has 1 atom stereocenters. The Morgan fingerprint density at radius 3 is 2.48 bits per heavy atom. The van der Waals surface area contributed by atoms with Crippen LogP contribution >= 0.6 is 0 Å². The number of benzene rings is 1. The van der Waals surface area contributed by atoms with E-state index in [9.17, 15) is 4.79 Å². The van der Waals surface area contributed by atoms with Gasteiger partial charge in [-0.25, -0.2) is 4.98 Å². The van der Waals surface area contributed by atoms with E-state index in [1.807, 2.05) is 51.4 Å². The van der Waals surface area contributed by atoms with Crippen LogP contribution < -0.4 is 10.6 Å². The average Bonchev–Trinajstić information content (AvgIpc) is 3.15. The van der Waals surface area contributed by atoms with Gasteiger partial charge in [0.2, 0.25) is 5.91 Å². The van der Waals surface area contributed by atoms with Gasteiger partial charge >= 0.3 is 0 Å². The second kappa shape index (κ2) is 6.90. The van der Waals surface area contributed by atoms with Gasteiger partial charge < -0.3 is 15.6 Å². The number of hydrogen-bond acceptors (Lipinski definition) is 4. The first-order valence-electron chi connectivity index (χ1n) is 8.08. The van der Waals surface area contributed by atoms with Crippen LogP contribution in [0.5, 0.6) is 0 Å². The van der Waals surface area contributed by atoms with Crippen LogP contribution in [0.25, 0.3) is 11.4 Å². The number of H-pyrrole nitrogens is 1. The molecule has 2 aromatic heterocycles. The standard InChI is InChI=1S/C18H22N6O/c1-11-12(2)22-17(21-11)13-5-7-15(8-6-13)23-18(25)16(19-3)14-9-20-24(4)10-14/h5-10,16,19H,1-4H3,(H,21,22)(H,23,25). The second-order valence-corrected chi connectivity index (χ2v) is 6.03. The van der Waals surface area contributed by atoms with Crippen LogP contribution in [0.4, 0.5) is 5.69 Å². The molecule has 0 aliphatic carbocycles. The van der Waals surface area contributed by atoms with Gasteiger partial charge in [-0.05, 0) is 45.2 Å². The van der Waals surface area contributed by atoms with Gasteiger partial charge in [-0.3, -0.25) is 9.48 Å². The number of anilines is 1. The lowest BCUT2D eigenvalue weighted by molar-refractivity contribution is -0.118. The van der Waals surface area contributed by atoms with Crippen LogP contribution in [0, 0.1) is 13.8 Å². The highest BCUT2D eigenvalue weighted by molar-refractivity contribution is 5.95. The minimum atomic E-state index is -0.455. The Kier molecular flexibility index (Phi) is 4.67. The molecule has 25 heavy (non-hydrogen) atoms. The van der Waals surface area contributed by atoms with Crippen LogP contribution in [0.15, 0.2) is 36.7 Å². The molecular weight excluding hydrogens is 316 g/mol. The molecular formula is C18H22N6O. The highest BCUT2D eigenvalue weighted by atomic mass is 16.2. The summed E-state index contributed by atoms with van der Waals surface area (Å²) in [5, 5.41) is 10.1. The van der Waals surface area contributed by atoms with Gasteiger partial charge in [0.1, 0.15) is 11.9 Å². The smallest absolute Gasteiger partial charge is 0.246 e. The fourth-order valence-corrected chi connectivity index (χ4v) is 2.65. The summed E-state index contributed by atoms with van der Waals surface area (Å²) in [6, 6.07) is 7.16. The highest BCUT2D eigenvalue weighted by Gasteiger charge is 2.20. The predicted octanol–water partition coefficient (Wildman–Crippen LogP) is 2.33. The van der Waals surface area contributed by atoms with Crippen LogP contribution in [0.3, 0.4) is 0 Å². The van der Waals surface area contributed by atoms with Gasteiger partial charge in [0.15, 0.2) is 0 Å². The van der Waals surface area contributed by atoms with Crippen LogP contribution in [0.2, 0.25) is 0 Å². The molecule has 0 aliphatic heterocycles. The van der Waals surface area contributed by atoms with Gasteiger partial charge in [-0.15, -0.1) is 0 Å². The molecule has 0 saturated carbocycles. The van der Waals surface area contributed by atoms with Crippen molar-refractivity contribution in [2.75, 3.05) is 12.4 Å². The Morgan fingerprint density at radius 1 is 1.24 bits per heavy atom. The summed E-state index contributed by atoms with van der Waals surface area (Å²) in [6.45, 7) is 3.97. The fourth-order valence-electron chi connectivity index (χ4n) is 2.65. The van der Waals surface area contributed by atoms with Crippen molar-refractivity contribution >= 4 is 11.6 Å². The Hall–Kier alpha value is -2.93. The van der Waals surface area contributed by atoms with Gasteiger partial charge in [0, 0.05) is 35.8 Å². The van der Waals surface area contributed by atoms with Crippen LogP contribution in [-0.2, 0) is 11.8 Å². The molecule has 0 fully saturated rings. The Balaban J connectivity index is 1.73. The summed E-state index contributed by atoms with van der Waals surface area (Å²) in [5.41, 5.74) is 4.58. The zero-order valence-corrected chi connectivity index (χ0v) is 14.8. The number of likely N-dealkylation sites (N-methyl/N-ethyl adjacent to an activating group) is 1. The number of aromatic amines is 1. The summed E-state index contributed by atoms with van der Waals surface area (Å²) in [6.07, 6.45) is 3.51. The van der Waals surface area contributed by atoms with Gasteiger partial charge in [0.05, 0.1) is 11.9 Å². The third-order valence-corrected chi connectivity index (χ3v) is 4.16. The van der Waals surface area contributed by atoms with Crippen molar-refractivity contribution in [1.82, 2.24) is 25.1 Å². The fraction of sp³-hybridized carbons (Fsp3) is 0.278. The molecule has 7 heteroatoms. The molecule has 7 nitrogen and oxygen atoms in total. The lowest BCUT2D eigenvalue weighted by Gasteiger charge is -2.14. The maximum atomic E-state index is 12.5. The Morgan fingerprint density at radius 2 is 1.96 bits per heavy atom. The van der Waals surface area contributed by atoms with Crippen molar-refractivity contribution in [3.63, 3.8) is 0 Å². The molecule has 3 aromatic rings. The molecule has 0 spiro atoms. The number of nitrogens with one attached hydrogen (secondary N) is 3. The van der Waals surface area contributed by atoms with Crippen molar-refractivity contribution in [3.8, 4) is 11.4 Å². The minimum Gasteiger partial charge on any atom is -0.342 e. The van der Waals surface area contributed by atoms with Gasteiger partial charge in [0.25, 0.3) is 0 Å². The lowest BCUT2D eigenvalue weighted by Crippen LogP contribution is -2.30. The number of carbonyl (C=O) groups is 1. The first-order chi connectivity index (χ1) is 12.0. The maximum Gasteiger partial charge on any atom is 0.246 e. The highest BCUT2D eigenvalue weighted by Crippen LogP contribution is 2.21. The Bertz CT molecular complexity index is 858. The quantitative estimate of drug-likeness (QED) is 0.666. The first-order valence-corrected chi connectivity index (χ1v) is 8.08. The first kappa shape index (κ1) is 16.9. The van der Waals surface area contributed by atoms with E-state index in [1.54, 1.807) is 17.9 Å². The maximum absolute atomic E-state index is 12.5. The SMILES string of the molecule is CNC(C(=O)Nc1ccc(-c2nc(C)c(C)[nH]2)cc1)c1cnn(C)c1. The lowest BCUT2D eigenvalue weighted by atomic mass is 10.1. The number of amides is 1. The number of rotatable bonds is 5. The van der Waals surface area contributed by atoms with E-state index in [2.05, 4.69) is 25.7 Å². The summed E-state index contributed by atoms with van der Waals surface area (Å²) in [5.74, 6) is 0.698. The Labute approximate surface area is 146 Å². The molecule has 130 valence electrons. The molecule has 3 rings (SSSR count). The molecule has 0 saturated heterocycles. The monoisotopic (exact) mass is 338 g/mol. The third kappa shape index (κ3) is 3.61. The number of nitrogens with zero attached hydrogens (tertiary/aromatic N) is 3. The molecule has 1 amide bonds. The molecule has 3 N–H and O–H groups in total. The molecule has 0 radical (unpaired) electrons. The van der Waals surface area contributed by atoms with Crippen molar-refractivity contribution < 1.29 is 4.79 Å². The summed E-state index contributed by atoms with van der Waals surface area (Å²) >= 11 is 0. The van der Waals surface area contributed by atoms with E-state index in [0.717, 1.165) is 34.0 Å². The van der Waals surface area contributed by atoms with Crippen molar-refractivity contribution in [2.45, 2.75) is 19.9 Å². The van der Waals surface area contributed by atoms with Gasteiger partial charge in [-0.2, -0.15) is 5.10 Å². The largest absolute Gasteiger partial charge is 0.342 e. The number of imidazole rings is 1. The van der Waals surface area contributed by atoms with E-state index >= 15 is 0 Å². The van der Waals surface area contributed by atoms with Crippen molar-refractivity contribution in [2.24, 2.45) is 7.05 Å². The molecule has 2 heterocycles. The number of aryl methyl sites for hydroxylation is 3. The third-order valence-electron chi connectivity index (χ3n) is 4.16. The minimum absolute atomic E-state index is 0.132. The summed E-state index contributed by atoms with van der Waals surface area (Å²) in [4.78, 5) is 20.3. The van der Waals surface area contributed by atoms with E-state index in [0.29, 0.717) is 0 Å². The average molecular weight is 338 g/mol. The summed E-state index contributed by atoms with van der Waals surface area (Å²) < 4.78 is 1.68. The van der Waals surface area contributed by atoms with E-state index < -0.39 is 6.04 Å². The van der Waals surface area contributed by atoms with Crippen LogP contribution in [0.1, 0.15) is 23.0 Å². The van der Waals surface area contributed by atoms with Crippen molar-refractivity contribution in [1.29, 1.82) is 0 Å². The number of carbonyl (C=O) groups excluding carboxylic acids is 1. The van der Waals surface area contributed by atoms with E-state index in [4.69, 9.17) is 0 Å². The molecule has 0 bridgehead atoms. The second-order valence-electron chi connectivity index (χ2n) is 6.03. The summed E-state index contributed by atoms with van der Waals surface area (Å²) in [7, 11) is 3.58. The van der Waals surface area contributed by atoms with Crippen molar-refractivity contribution in [3.05, 3.63) is 53.6 Å². The number of hydrogen-bond donors (Lipinski definition) is 3. The zero-order valence-electron chi connectivity index (χ0n) is 14.8. The topological polar surface area (TPSA) is 87.6 Å². The molecule has 1 unspecified atom stereocenters. The van der Waals surface area contributed by atoms with Gasteiger partial charge in [-0.1, -0.05) is 0 Å². The normalized spacial score (nSPS) is 12.2. The van der Waals surface area contributed by atoms with E-state index in [1.165, 1.54) is 0 Å². The molecule has 1 aromatic carbocycles. The van der Waals surface area contributed by atoms with Crippen LogP contribution in [-0.4, -0.2) is 32.7 Å². The zero-order chi connectivity index (χ0) is 18.0. The van der Waals surface area contributed by atoms with E-state index in [-0.39, 0.29) is 5.91 Å².